The van der Waals surface area contributed by atoms with Gasteiger partial charge < -0.3 is 0 Å². The van der Waals surface area contributed by atoms with Crippen LogP contribution in [0, 0.1) is 16.2 Å². The molecule has 478 valence electrons. The first-order valence-electron chi connectivity index (χ1n) is 32.3. The predicted octanol–water partition coefficient (Wildman–Crippen LogP) is 29.9. The molecule has 0 heteroatoms. The highest BCUT2D eigenvalue weighted by atomic mass is 14.3. The van der Waals surface area contributed by atoms with E-state index in [1.807, 2.05) is 20.8 Å². The molecule has 0 aromatic heterocycles. The van der Waals surface area contributed by atoms with Gasteiger partial charge in [0.1, 0.15) is 0 Å². The van der Waals surface area contributed by atoms with E-state index in [1.165, 1.54) is 99.8 Å². The minimum Gasteiger partial charge on any atom is -0.0917 e. The second-order valence-electron chi connectivity index (χ2n) is 25.1. The van der Waals surface area contributed by atoms with Gasteiger partial charge in [-0.15, -0.1) is 0 Å². The molecule has 0 atom stereocenters. The van der Waals surface area contributed by atoms with Crippen LogP contribution < -0.4 is 0 Å². The lowest BCUT2D eigenvalue weighted by Crippen LogP contribution is -2.25. The van der Waals surface area contributed by atoms with Crippen molar-refractivity contribution in [2.24, 2.45) is 16.2 Å². The minimum absolute atomic E-state index is 0.169. The van der Waals surface area contributed by atoms with Crippen LogP contribution in [0.5, 0.6) is 0 Å². The first-order chi connectivity index (χ1) is 37.9. The van der Waals surface area contributed by atoms with Crippen molar-refractivity contribution >= 4 is 0 Å². The molecule has 0 fully saturated rings. The number of benzene rings is 2. The maximum atomic E-state index is 2.28. The van der Waals surface area contributed by atoms with Gasteiger partial charge in [0.05, 0.1) is 0 Å². The summed E-state index contributed by atoms with van der Waals surface area (Å²) in [5.74, 6) is 0. The summed E-state index contributed by atoms with van der Waals surface area (Å²) in [6.45, 7) is 79.7. The first-order valence-corrected chi connectivity index (χ1v) is 32.3. The summed E-state index contributed by atoms with van der Waals surface area (Å²) >= 11 is 0. The van der Waals surface area contributed by atoms with E-state index in [4.69, 9.17) is 0 Å². The van der Waals surface area contributed by atoms with Gasteiger partial charge in [0.25, 0.3) is 0 Å². The van der Waals surface area contributed by atoms with Gasteiger partial charge in [0, 0.05) is 5.41 Å². The Kier molecular flexibility index (Phi) is 76.2. The summed E-state index contributed by atoms with van der Waals surface area (Å²) in [5, 5.41) is 0. The fraction of sp³-hybridized carbons (Fsp3) is 0.610. The van der Waals surface area contributed by atoms with Gasteiger partial charge in [-0.25, -0.2) is 0 Å². The lowest BCUT2D eigenvalue weighted by molar-refractivity contribution is 0.478. The van der Waals surface area contributed by atoms with Crippen LogP contribution in [0.15, 0.2) is 178 Å². The molecule has 2 rings (SSSR count). The molecular formula is C82H150. The molecule has 0 unspecified atom stereocenters. The van der Waals surface area contributed by atoms with Crippen LogP contribution in [0.1, 0.15) is 325 Å². The van der Waals surface area contributed by atoms with Crippen molar-refractivity contribution in [3.05, 3.63) is 189 Å². The maximum Gasteiger partial charge on any atom is 0.0197 e. The molecule has 0 heterocycles. The summed E-state index contributed by atoms with van der Waals surface area (Å²) in [6.07, 6.45) is 34.1. The van der Waals surface area contributed by atoms with Crippen molar-refractivity contribution in [2.75, 3.05) is 0 Å². The van der Waals surface area contributed by atoms with Gasteiger partial charge >= 0.3 is 0 Å². The molecule has 0 aliphatic rings. The van der Waals surface area contributed by atoms with Crippen molar-refractivity contribution in [3.63, 3.8) is 0 Å². The Balaban J connectivity index is -0.000000105. The molecule has 0 radical (unpaired) electrons. The number of allylic oxidation sites excluding steroid dienone is 20. The molecule has 82 heavy (non-hydrogen) atoms. The highest BCUT2D eigenvalue weighted by Gasteiger charge is 2.29. The molecule has 0 N–H and O–H groups in total. The Morgan fingerprint density at radius 1 is 0.366 bits per heavy atom. The van der Waals surface area contributed by atoms with E-state index in [0.29, 0.717) is 16.2 Å². The fourth-order valence-corrected chi connectivity index (χ4v) is 6.35. The van der Waals surface area contributed by atoms with Crippen molar-refractivity contribution in [1.29, 1.82) is 0 Å². The molecule has 0 spiro atoms. The molecule has 0 bridgehead atoms. The topological polar surface area (TPSA) is 0 Å². The summed E-state index contributed by atoms with van der Waals surface area (Å²) in [4.78, 5) is 0. The summed E-state index contributed by atoms with van der Waals surface area (Å²) in [7, 11) is 0. The van der Waals surface area contributed by atoms with Gasteiger partial charge in [-0.05, 0) is 217 Å². The largest absolute Gasteiger partial charge is 0.0917 e. The molecular weight excluding hydrogens is 985 g/mol. The van der Waals surface area contributed by atoms with Gasteiger partial charge in [0.2, 0.25) is 0 Å². The monoisotopic (exact) mass is 1140 g/mol. The molecule has 0 aliphatic heterocycles. The quantitative estimate of drug-likeness (QED) is 0.197. The zero-order valence-electron chi connectivity index (χ0n) is 63.0. The Morgan fingerprint density at radius 3 is 0.720 bits per heavy atom. The predicted molar refractivity (Wildman–Crippen MR) is 394 cm³/mol. The third-order valence-electron chi connectivity index (χ3n) is 13.4. The van der Waals surface area contributed by atoms with E-state index in [0.717, 1.165) is 19.3 Å². The van der Waals surface area contributed by atoms with Crippen molar-refractivity contribution < 1.29 is 0 Å². The van der Waals surface area contributed by atoms with Gasteiger partial charge in [0.15, 0.2) is 0 Å². The summed E-state index contributed by atoms with van der Waals surface area (Å²) < 4.78 is 0. The van der Waals surface area contributed by atoms with Gasteiger partial charge in [-0.1, -0.05) is 302 Å². The molecule has 2 aromatic carbocycles. The second-order valence-corrected chi connectivity index (χ2v) is 25.1. The standard InChI is InChI=1S/C17H20.C8H16.4C7H14.4C6H12.C5H10/c1-3-17(4-2,15-11-7-5-8-12-15)16-13-9-6-10-14-16;1-6-7(2)8(3,4)5;2*1-5-6-7(2,3)4;2*1-5-7(4)6(2)3;2*1-4-5-6(2)3;2*1-4-6(3)5-2;1-3-5-4-2/h5-14H,3-4H2,1-2H3;6H,1-5H3;2*5-6H,1-4H3;2*5H2,1-4H3;2*5H,4H2,1-3H3;2*4H,5H2,1-3H3;3,5H,4H2,1-2H3/b;7-6-;2*6-5-;;;;;2*6-4-;5-3-. The fourth-order valence-electron chi connectivity index (χ4n) is 6.35. The first kappa shape index (κ1) is 97.0. The van der Waals surface area contributed by atoms with E-state index in [1.54, 1.807) is 0 Å². The average Bonchev–Trinajstić information content (AvgIpc) is 3.41. The Labute approximate surface area is 521 Å². The summed E-state index contributed by atoms with van der Waals surface area (Å²) in [6, 6.07) is 21.7. The molecule has 0 nitrogen and oxygen atoms in total. The van der Waals surface area contributed by atoms with Crippen LogP contribution in [0.3, 0.4) is 0 Å². The maximum absolute atomic E-state index is 2.28. The third-order valence-corrected chi connectivity index (χ3v) is 13.4. The normalized spacial score (nSPS) is 11.0. The van der Waals surface area contributed by atoms with E-state index in [9.17, 15) is 0 Å². The zero-order chi connectivity index (χ0) is 66.6. The lowest BCUT2D eigenvalue weighted by atomic mass is 9.71. The number of hydrogen-bond acceptors (Lipinski definition) is 0. The molecule has 0 saturated carbocycles. The van der Waals surface area contributed by atoms with E-state index < -0.39 is 0 Å². The van der Waals surface area contributed by atoms with E-state index in [-0.39, 0.29) is 5.41 Å². The van der Waals surface area contributed by atoms with Gasteiger partial charge in [-0.3, -0.25) is 0 Å². The Bertz CT molecular complexity index is 1840. The molecule has 0 saturated heterocycles. The van der Waals surface area contributed by atoms with Crippen molar-refractivity contribution in [3.8, 4) is 0 Å². The third kappa shape index (κ3) is 77.9. The summed E-state index contributed by atoms with van der Waals surface area (Å²) in [5.41, 5.74) is 17.3. The SMILES string of the molecule is C/C=C(/C)C(C)(C)C.C/C=C(/C)CC.C/C=C(/C)CC.C/C=C\C(C)(C)C.C/C=C\C(C)(C)C.C/C=C\CC.CCC(C)=C(C)C.CCC(C)=C(C)C.CCC(CC)(c1ccccc1)c1ccccc1.CCC=C(C)C.CCC=C(C)C. The van der Waals surface area contributed by atoms with Crippen LogP contribution in [-0.4, -0.2) is 0 Å². The van der Waals surface area contributed by atoms with Crippen LogP contribution in [0.2, 0.25) is 0 Å². The highest BCUT2D eigenvalue weighted by Crippen LogP contribution is 2.38. The van der Waals surface area contributed by atoms with Crippen molar-refractivity contribution in [1.82, 2.24) is 0 Å². The molecule has 0 aliphatic carbocycles. The van der Waals surface area contributed by atoms with E-state index in [2.05, 4.69) is 363 Å². The number of rotatable bonds is 11. The molecule has 0 amide bonds. The number of hydrogen-bond donors (Lipinski definition) is 0. The average molecular weight is 1140 g/mol. The van der Waals surface area contributed by atoms with Gasteiger partial charge in [-0.2, -0.15) is 0 Å². The highest BCUT2D eigenvalue weighted by molar-refractivity contribution is 5.39. The minimum atomic E-state index is 0.169. The zero-order valence-corrected chi connectivity index (χ0v) is 63.0. The second kappa shape index (κ2) is 64.4. The van der Waals surface area contributed by atoms with Crippen LogP contribution in [0.25, 0.3) is 0 Å². The van der Waals surface area contributed by atoms with Crippen LogP contribution >= 0.6 is 0 Å². The van der Waals surface area contributed by atoms with Crippen LogP contribution in [-0.2, 0) is 5.41 Å². The Hall–Kier alpha value is -4.16. The smallest absolute Gasteiger partial charge is 0.0197 e. The van der Waals surface area contributed by atoms with E-state index >= 15 is 0 Å². The van der Waals surface area contributed by atoms with Crippen molar-refractivity contribution in [2.45, 2.75) is 319 Å². The molecule has 2 aromatic rings. The van der Waals surface area contributed by atoms with Crippen LogP contribution in [0.4, 0.5) is 0 Å². The Morgan fingerprint density at radius 2 is 0.659 bits per heavy atom. The lowest BCUT2D eigenvalue weighted by Gasteiger charge is -2.33.